The number of likely N-dealkylation sites (tertiary alicyclic amines) is 1. The topological polar surface area (TPSA) is 91.1 Å². The van der Waals surface area contributed by atoms with Gasteiger partial charge in [0.15, 0.2) is 0 Å². The number of aromatic nitrogens is 2. The second-order valence-electron chi connectivity index (χ2n) is 4.57. The molecule has 0 spiro atoms. The normalized spacial score (nSPS) is 17.9. The zero-order valence-electron chi connectivity index (χ0n) is 11.5. The standard InChI is InChI=1S/C13H16ClN5O2/c14-3-4-18-13(20)19-7-1-2-10(9-19)21-12-11(8-15)16-5-6-17-12/h5-6,10H,1-4,7,9H2,(H,18,20). The number of rotatable bonds is 4. The zero-order valence-corrected chi connectivity index (χ0v) is 12.2. The number of halogens is 1. The molecule has 1 N–H and O–H groups in total. The molecule has 112 valence electrons. The molecule has 1 saturated heterocycles. The van der Waals surface area contributed by atoms with Crippen LogP contribution in [0.1, 0.15) is 18.5 Å². The number of nitriles is 1. The van der Waals surface area contributed by atoms with Gasteiger partial charge in [0.05, 0.1) is 6.54 Å². The third kappa shape index (κ3) is 4.20. The number of alkyl halides is 1. The monoisotopic (exact) mass is 309 g/mol. The maximum atomic E-state index is 11.9. The van der Waals surface area contributed by atoms with Gasteiger partial charge in [-0.05, 0) is 12.8 Å². The summed E-state index contributed by atoms with van der Waals surface area (Å²) in [5.74, 6) is 0.595. The fourth-order valence-electron chi connectivity index (χ4n) is 2.13. The van der Waals surface area contributed by atoms with Crippen molar-refractivity contribution in [3.8, 4) is 11.9 Å². The summed E-state index contributed by atoms with van der Waals surface area (Å²) in [6, 6.07) is 1.79. The van der Waals surface area contributed by atoms with E-state index in [4.69, 9.17) is 21.6 Å². The Morgan fingerprint density at radius 2 is 2.38 bits per heavy atom. The van der Waals surface area contributed by atoms with Gasteiger partial charge in [0.2, 0.25) is 5.69 Å². The van der Waals surface area contributed by atoms with Crippen molar-refractivity contribution in [1.29, 1.82) is 5.26 Å². The van der Waals surface area contributed by atoms with E-state index in [1.165, 1.54) is 12.4 Å². The van der Waals surface area contributed by atoms with Crippen molar-refractivity contribution in [2.24, 2.45) is 0 Å². The van der Waals surface area contributed by atoms with Crippen LogP contribution in [0.2, 0.25) is 0 Å². The highest BCUT2D eigenvalue weighted by Crippen LogP contribution is 2.18. The van der Waals surface area contributed by atoms with Crippen LogP contribution in [-0.4, -0.2) is 52.5 Å². The van der Waals surface area contributed by atoms with E-state index in [0.29, 0.717) is 25.5 Å². The average Bonchev–Trinajstić information content (AvgIpc) is 2.53. The largest absolute Gasteiger partial charge is 0.470 e. The maximum Gasteiger partial charge on any atom is 0.317 e. The van der Waals surface area contributed by atoms with E-state index in [9.17, 15) is 4.79 Å². The molecule has 1 aliphatic rings. The first-order chi connectivity index (χ1) is 10.2. The lowest BCUT2D eigenvalue weighted by Crippen LogP contribution is -2.49. The van der Waals surface area contributed by atoms with E-state index >= 15 is 0 Å². The molecule has 0 saturated carbocycles. The van der Waals surface area contributed by atoms with Crippen LogP contribution in [0.25, 0.3) is 0 Å². The van der Waals surface area contributed by atoms with Gasteiger partial charge in [-0.1, -0.05) is 0 Å². The first-order valence-electron chi connectivity index (χ1n) is 6.71. The Balaban J connectivity index is 1.95. The molecular weight excluding hydrogens is 294 g/mol. The number of nitrogens with zero attached hydrogens (tertiary/aromatic N) is 4. The number of hydrogen-bond acceptors (Lipinski definition) is 5. The fraction of sp³-hybridized carbons (Fsp3) is 0.538. The van der Waals surface area contributed by atoms with Crippen molar-refractivity contribution in [2.75, 3.05) is 25.5 Å². The molecule has 0 aliphatic carbocycles. The molecule has 0 aromatic carbocycles. The minimum atomic E-state index is -0.190. The second kappa shape index (κ2) is 7.64. The number of carbonyl (C=O) groups excluding carboxylic acids is 1. The first-order valence-corrected chi connectivity index (χ1v) is 7.24. The van der Waals surface area contributed by atoms with E-state index in [0.717, 1.165) is 12.8 Å². The van der Waals surface area contributed by atoms with E-state index in [1.807, 2.05) is 6.07 Å². The Labute approximate surface area is 127 Å². The lowest BCUT2D eigenvalue weighted by atomic mass is 10.1. The Bertz CT molecular complexity index is 534. The van der Waals surface area contributed by atoms with Crippen LogP contribution >= 0.6 is 11.6 Å². The molecule has 1 fully saturated rings. The number of nitrogens with one attached hydrogen (secondary N) is 1. The number of urea groups is 1. The van der Waals surface area contributed by atoms with Crippen LogP contribution in [0, 0.1) is 11.3 Å². The van der Waals surface area contributed by atoms with Gasteiger partial charge in [0, 0.05) is 31.4 Å². The molecule has 7 nitrogen and oxygen atoms in total. The number of ether oxygens (including phenoxy) is 1. The van der Waals surface area contributed by atoms with Crippen LogP contribution in [-0.2, 0) is 0 Å². The molecule has 2 amide bonds. The molecule has 0 radical (unpaired) electrons. The lowest BCUT2D eigenvalue weighted by Gasteiger charge is -2.32. The Hall–Kier alpha value is -2.07. The van der Waals surface area contributed by atoms with Gasteiger partial charge in [-0.2, -0.15) is 5.26 Å². The first kappa shape index (κ1) is 15.3. The van der Waals surface area contributed by atoms with Crippen molar-refractivity contribution < 1.29 is 9.53 Å². The highest BCUT2D eigenvalue weighted by atomic mass is 35.5. The summed E-state index contributed by atoms with van der Waals surface area (Å²) in [6.45, 7) is 1.57. The van der Waals surface area contributed by atoms with Gasteiger partial charge in [0.1, 0.15) is 12.2 Å². The summed E-state index contributed by atoms with van der Waals surface area (Å²) >= 11 is 5.55. The van der Waals surface area contributed by atoms with Crippen LogP contribution in [0.5, 0.6) is 5.88 Å². The Morgan fingerprint density at radius 1 is 1.57 bits per heavy atom. The summed E-state index contributed by atoms with van der Waals surface area (Å²) < 4.78 is 5.72. The van der Waals surface area contributed by atoms with Gasteiger partial charge in [-0.25, -0.2) is 14.8 Å². The van der Waals surface area contributed by atoms with E-state index < -0.39 is 0 Å². The summed E-state index contributed by atoms with van der Waals surface area (Å²) in [6.07, 6.45) is 4.37. The maximum absolute atomic E-state index is 11.9. The van der Waals surface area contributed by atoms with Gasteiger partial charge >= 0.3 is 6.03 Å². The minimum absolute atomic E-state index is 0.149. The van der Waals surface area contributed by atoms with Gasteiger partial charge < -0.3 is 15.0 Å². The zero-order chi connectivity index (χ0) is 15.1. The van der Waals surface area contributed by atoms with Crippen LogP contribution in [0.3, 0.4) is 0 Å². The average molecular weight is 310 g/mol. The summed E-state index contributed by atoms with van der Waals surface area (Å²) in [7, 11) is 0. The quantitative estimate of drug-likeness (QED) is 0.842. The SMILES string of the molecule is N#Cc1nccnc1OC1CCCN(C(=O)NCCCl)C1. The summed E-state index contributed by atoms with van der Waals surface area (Å²) in [4.78, 5) is 21.5. The molecule has 21 heavy (non-hydrogen) atoms. The highest BCUT2D eigenvalue weighted by Gasteiger charge is 2.25. The second-order valence-corrected chi connectivity index (χ2v) is 4.95. The van der Waals surface area contributed by atoms with Crippen LogP contribution in [0.4, 0.5) is 4.79 Å². The van der Waals surface area contributed by atoms with Gasteiger partial charge in [-0.15, -0.1) is 11.6 Å². The third-order valence-electron chi connectivity index (χ3n) is 3.08. The summed E-state index contributed by atoms with van der Waals surface area (Å²) in [5, 5.41) is 11.7. The van der Waals surface area contributed by atoms with Gasteiger partial charge in [-0.3, -0.25) is 0 Å². The third-order valence-corrected chi connectivity index (χ3v) is 3.27. The predicted octanol–water partition coefficient (Wildman–Crippen LogP) is 1.14. The van der Waals surface area contributed by atoms with Crippen molar-refractivity contribution >= 4 is 17.6 Å². The molecule has 1 aromatic heterocycles. The van der Waals surface area contributed by atoms with Crippen molar-refractivity contribution in [3.05, 3.63) is 18.1 Å². The lowest BCUT2D eigenvalue weighted by molar-refractivity contribution is 0.0974. The number of piperidine rings is 1. The molecule has 1 unspecified atom stereocenters. The molecule has 2 heterocycles. The molecule has 1 aromatic rings. The van der Waals surface area contributed by atoms with Crippen molar-refractivity contribution in [2.45, 2.75) is 18.9 Å². The van der Waals surface area contributed by atoms with E-state index in [2.05, 4.69) is 15.3 Å². The van der Waals surface area contributed by atoms with Crippen molar-refractivity contribution in [3.63, 3.8) is 0 Å². The smallest absolute Gasteiger partial charge is 0.317 e. The van der Waals surface area contributed by atoms with Gasteiger partial charge in [0.25, 0.3) is 5.88 Å². The molecule has 1 aliphatic heterocycles. The fourth-order valence-corrected chi connectivity index (χ4v) is 2.23. The summed E-state index contributed by atoms with van der Waals surface area (Å²) in [5.41, 5.74) is 0.154. The van der Waals surface area contributed by atoms with Crippen LogP contribution < -0.4 is 10.1 Å². The molecule has 2 rings (SSSR count). The van der Waals surface area contributed by atoms with E-state index in [-0.39, 0.29) is 23.7 Å². The highest BCUT2D eigenvalue weighted by molar-refractivity contribution is 6.18. The molecule has 0 bridgehead atoms. The number of hydrogen-bond donors (Lipinski definition) is 1. The predicted molar refractivity (Wildman–Crippen MR) is 76.1 cm³/mol. The number of amides is 2. The minimum Gasteiger partial charge on any atom is -0.470 e. The Morgan fingerprint density at radius 3 is 3.14 bits per heavy atom. The molecular formula is C13H16ClN5O2. The van der Waals surface area contributed by atoms with Crippen LogP contribution in [0.15, 0.2) is 12.4 Å². The van der Waals surface area contributed by atoms with E-state index in [1.54, 1.807) is 4.90 Å². The van der Waals surface area contributed by atoms with Crippen molar-refractivity contribution in [1.82, 2.24) is 20.2 Å². The molecule has 8 heteroatoms. The molecule has 1 atom stereocenters. The Kier molecular flexibility index (Phi) is 5.58. The number of carbonyl (C=O) groups is 1.